The Labute approximate surface area is 110 Å². The summed E-state index contributed by atoms with van der Waals surface area (Å²) in [6.07, 6.45) is 0.644. The molecule has 0 saturated heterocycles. The monoisotopic (exact) mass is 266 g/mol. The van der Waals surface area contributed by atoms with E-state index < -0.39 is 5.82 Å². The summed E-state index contributed by atoms with van der Waals surface area (Å²) < 4.78 is 18.9. The van der Waals surface area contributed by atoms with Crippen molar-refractivity contribution in [1.29, 1.82) is 0 Å². The summed E-state index contributed by atoms with van der Waals surface area (Å²) in [7, 11) is 1.49. The normalized spacial score (nSPS) is 10.4. The van der Waals surface area contributed by atoms with Gasteiger partial charge in [0.25, 0.3) is 0 Å². The van der Waals surface area contributed by atoms with Crippen LogP contribution in [0.1, 0.15) is 12.7 Å². The summed E-state index contributed by atoms with van der Waals surface area (Å²) in [5, 5.41) is 0.312. The van der Waals surface area contributed by atoms with Crippen LogP contribution in [0, 0.1) is 5.82 Å². The average molecular weight is 267 g/mol. The molecular weight excluding hydrogens is 255 g/mol. The highest BCUT2D eigenvalue weighted by Crippen LogP contribution is 2.26. The number of halogens is 2. The minimum absolute atomic E-state index is 0.312. The van der Waals surface area contributed by atoms with Crippen LogP contribution in [0.15, 0.2) is 24.3 Å². The third-order valence-corrected chi connectivity index (χ3v) is 2.70. The Morgan fingerprint density at radius 2 is 2.06 bits per heavy atom. The van der Waals surface area contributed by atoms with E-state index in [1.54, 1.807) is 18.2 Å². The molecule has 0 aliphatic heterocycles. The smallest absolute Gasteiger partial charge is 0.136 e. The van der Waals surface area contributed by atoms with Gasteiger partial charge < -0.3 is 4.74 Å². The molecule has 0 atom stereocenters. The van der Waals surface area contributed by atoms with Gasteiger partial charge in [0.05, 0.1) is 12.8 Å². The van der Waals surface area contributed by atoms with E-state index in [4.69, 9.17) is 16.3 Å². The van der Waals surface area contributed by atoms with Crippen LogP contribution in [0.25, 0.3) is 11.3 Å². The Balaban J connectivity index is 2.51. The van der Waals surface area contributed by atoms with Gasteiger partial charge in [-0.25, -0.2) is 14.4 Å². The topological polar surface area (TPSA) is 35.0 Å². The van der Waals surface area contributed by atoms with E-state index in [-0.39, 0.29) is 0 Å². The Bertz CT molecular complexity index is 575. The molecule has 0 bridgehead atoms. The van der Waals surface area contributed by atoms with Crippen molar-refractivity contribution in [3.63, 3.8) is 0 Å². The number of methoxy groups -OCH3 is 1. The molecule has 0 radical (unpaired) electrons. The SMILES string of the molecule is CCc1nc(Cl)cc(-c2ccc(OC)cc2F)n1. The van der Waals surface area contributed by atoms with Gasteiger partial charge in [0.2, 0.25) is 0 Å². The van der Waals surface area contributed by atoms with Crippen LogP contribution in [-0.2, 0) is 6.42 Å². The Morgan fingerprint density at radius 1 is 1.28 bits per heavy atom. The number of aromatic nitrogens is 2. The molecule has 2 rings (SSSR count). The third kappa shape index (κ3) is 2.59. The fraction of sp³-hybridized carbons (Fsp3) is 0.231. The molecule has 3 nitrogen and oxygen atoms in total. The molecule has 5 heteroatoms. The van der Waals surface area contributed by atoms with E-state index in [0.717, 1.165) is 0 Å². The summed E-state index contributed by atoms with van der Waals surface area (Å²) >= 11 is 5.89. The summed E-state index contributed by atoms with van der Waals surface area (Å²) in [4.78, 5) is 8.31. The number of hydrogen-bond donors (Lipinski definition) is 0. The Hall–Kier alpha value is -1.68. The van der Waals surface area contributed by atoms with Crippen molar-refractivity contribution < 1.29 is 9.13 Å². The van der Waals surface area contributed by atoms with Gasteiger partial charge >= 0.3 is 0 Å². The first kappa shape index (κ1) is 12.8. The van der Waals surface area contributed by atoms with Gasteiger partial charge in [-0.1, -0.05) is 18.5 Å². The number of hydrogen-bond acceptors (Lipinski definition) is 3. The number of aryl methyl sites for hydroxylation is 1. The maximum absolute atomic E-state index is 13.9. The zero-order chi connectivity index (χ0) is 13.1. The van der Waals surface area contributed by atoms with E-state index in [1.807, 2.05) is 6.92 Å². The van der Waals surface area contributed by atoms with E-state index in [9.17, 15) is 4.39 Å². The van der Waals surface area contributed by atoms with Crippen molar-refractivity contribution in [2.75, 3.05) is 7.11 Å². The fourth-order valence-corrected chi connectivity index (χ4v) is 1.79. The first-order valence-electron chi connectivity index (χ1n) is 5.51. The van der Waals surface area contributed by atoms with Crippen LogP contribution in [0.3, 0.4) is 0 Å². The van der Waals surface area contributed by atoms with Gasteiger partial charge in [0.15, 0.2) is 0 Å². The van der Waals surface area contributed by atoms with Crippen LogP contribution in [-0.4, -0.2) is 17.1 Å². The van der Waals surface area contributed by atoms with Crippen LogP contribution in [0.4, 0.5) is 4.39 Å². The molecule has 0 saturated carbocycles. The second kappa shape index (κ2) is 5.31. The van der Waals surface area contributed by atoms with Gasteiger partial charge in [-0.2, -0.15) is 0 Å². The third-order valence-electron chi connectivity index (χ3n) is 2.51. The van der Waals surface area contributed by atoms with Crippen molar-refractivity contribution in [1.82, 2.24) is 9.97 Å². The summed E-state index contributed by atoms with van der Waals surface area (Å²) in [5.74, 6) is 0.658. The molecule has 2 aromatic rings. The lowest BCUT2D eigenvalue weighted by molar-refractivity contribution is 0.411. The average Bonchev–Trinajstić information content (AvgIpc) is 2.37. The van der Waals surface area contributed by atoms with Gasteiger partial charge in [0.1, 0.15) is 22.5 Å². The maximum Gasteiger partial charge on any atom is 0.136 e. The fourth-order valence-electron chi connectivity index (χ4n) is 1.59. The standard InChI is InChI=1S/C13H12ClFN2O/c1-3-13-16-11(7-12(14)17-13)9-5-4-8(18-2)6-10(9)15/h4-7H,3H2,1-2H3. The highest BCUT2D eigenvalue weighted by atomic mass is 35.5. The molecule has 0 unspecified atom stereocenters. The first-order valence-corrected chi connectivity index (χ1v) is 5.89. The zero-order valence-electron chi connectivity index (χ0n) is 10.1. The Kier molecular flexibility index (Phi) is 3.77. The van der Waals surface area contributed by atoms with Crippen LogP contribution in [0.5, 0.6) is 5.75 Å². The van der Waals surface area contributed by atoms with Gasteiger partial charge in [-0.15, -0.1) is 0 Å². The number of ether oxygens (including phenoxy) is 1. The molecule has 1 heterocycles. The minimum atomic E-state index is -0.397. The van der Waals surface area contributed by atoms with Crippen LogP contribution < -0.4 is 4.74 Å². The molecule has 18 heavy (non-hydrogen) atoms. The lowest BCUT2D eigenvalue weighted by Gasteiger charge is -2.07. The second-order valence-electron chi connectivity index (χ2n) is 3.69. The van der Waals surface area contributed by atoms with E-state index in [1.165, 1.54) is 13.2 Å². The van der Waals surface area contributed by atoms with Gasteiger partial charge in [0, 0.05) is 24.1 Å². The molecule has 0 aliphatic rings. The van der Waals surface area contributed by atoms with Gasteiger partial charge in [-0.05, 0) is 12.1 Å². The molecule has 0 amide bonds. The quantitative estimate of drug-likeness (QED) is 0.798. The summed E-state index contributed by atoms with van der Waals surface area (Å²) in [6, 6.07) is 6.16. The second-order valence-corrected chi connectivity index (χ2v) is 4.08. The van der Waals surface area contributed by atoms with Crippen LogP contribution >= 0.6 is 11.6 Å². The van der Waals surface area contributed by atoms with E-state index in [2.05, 4.69) is 9.97 Å². The molecule has 94 valence electrons. The molecule has 0 spiro atoms. The molecule has 0 fully saturated rings. The van der Waals surface area contributed by atoms with E-state index in [0.29, 0.717) is 34.4 Å². The lowest BCUT2D eigenvalue weighted by Crippen LogP contribution is -1.97. The minimum Gasteiger partial charge on any atom is -0.497 e. The van der Waals surface area contributed by atoms with Crippen molar-refractivity contribution in [3.05, 3.63) is 41.1 Å². The first-order chi connectivity index (χ1) is 8.63. The maximum atomic E-state index is 13.9. The Morgan fingerprint density at radius 3 is 2.67 bits per heavy atom. The summed E-state index contributed by atoms with van der Waals surface area (Å²) in [6.45, 7) is 1.92. The van der Waals surface area contributed by atoms with Crippen molar-refractivity contribution in [2.24, 2.45) is 0 Å². The molecule has 1 aromatic heterocycles. The lowest BCUT2D eigenvalue weighted by atomic mass is 10.1. The highest BCUT2D eigenvalue weighted by Gasteiger charge is 2.10. The van der Waals surface area contributed by atoms with Crippen molar-refractivity contribution in [2.45, 2.75) is 13.3 Å². The molecule has 1 aromatic carbocycles. The number of benzene rings is 1. The van der Waals surface area contributed by atoms with Crippen molar-refractivity contribution >= 4 is 11.6 Å². The number of rotatable bonds is 3. The summed E-state index contributed by atoms with van der Waals surface area (Å²) in [5.41, 5.74) is 0.863. The van der Waals surface area contributed by atoms with Crippen molar-refractivity contribution in [3.8, 4) is 17.0 Å². The van der Waals surface area contributed by atoms with Crippen LogP contribution in [0.2, 0.25) is 5.15 Å². The largest absolute Gasteiger partial charge is 0.497 e. The number of nitrogens with zero attached hydrogens (tertiary/aromatic N) is 2. The zero-order valence-corrected chi connectivity index (χ0v) is 10.8. The predicted molar refractivity (Wildman–Crippen MR) is 68.4 cm³/mol. The molecular formula is C13H12ClFN2O. The molecule has 0 aliphatic carbocycles. The van der Waals surface area contributed by atoms with Gasteiger partial charge in [-0.3, -0.25) is 0 Å². The predicted octanol–water partition coefficient (Wildman–Crippen LogP) is 3.51. The van der Waals surface area contributed by atoms with E-state index >= 15 is 0 Å². The molecule has 0 N–H and O–H groups in total. The highest BCUT2D eigenvalue weighted by molar-refractivity contribution is 6.29.